The lowest BCUT2D eigenvalue weighted by Gasteiger charge is -2.40. The first-order chi connectivity index (χ1) is 34.8. The van der Waals surface area contributed by atoms with Gasteiger partial charge in [0, 0.05) is 6.42 Å². The van der Waals surface area contributed by atoms with Crippen LogP contribution in [-0.4, -0.2) is 87.5 Å². The van der Waals surface area contributed by atoms with Crippen molar-refractivity contribution in [1.82, 2.24) is 5.32 Å². The third-order valence-corrected chi connectivity index (χ3v) is 14.1. The average molecular weight is 1000 g/mol. The Kier molecular flexibility index (Phi) is 48.4. The third-order valence-electron chi connectivity index (χ3n) is 14.1. The number of hydrogen-bond donors (Lipinski definition) is 6. The molecule has 0 aromatic carbocycles. The van der Waals surface area contributed by atoms with Gasteiger partial charge in [-0.25, -0.2) is 0 Å². The zero-order chi connectivity index (χ0) is 51.5. The predicted molar refractivity (Wildman–Crippen MR) is 299 cm³/mol. The van der Waals surface area contributed by atoms with E-state index < -0.39 is 49.5 Å². The van der Waals surface area contributed by atoms with Crippen LogP contribution >= 0.6 is 0 Å². The number of unbranched alkanes of at least 4 members (excludes halogenated alkanes) is 31. The number of ether oxygens (including phenoxy) is 2. The largest absolute Gasteiger partial charge is 0.394 e. The highest BCUT2D eigenvalue weighted by molar-refractivity contribution is 5.76. The normalized spacial score (nSPS) is 19.7. The molecule has 7 atom stereocenters. The standard InChI is InChI=1S/C62H113NO8/c1-3-5-7-9-11-13-15-17-19-21-23-24-25-26-27-28-29-30-31-32-34-36-38-40-42-44-46-48-50-52-58(66)63-55(54-70-62-61(69)60(68)59(67)57(53-64)71-62)56(65)51-49-47-45-43-41-39-37-35-33-22-20-18-16-14-12-10-8-6-4-2/h5,7,11,13,17,19,23-24,26-27,55-57,59-62,64-65,67-69H,3-4,6,8-10,12,14-16,18,20-22,25,28-54H2,1-2H3,(H,63,66)/b7-5-,13-11-,19-17-,24-23-,27-26-. The van der Waals surface area contributed by atoms with Gasteiger partial charge >= 0.3 is 0 Å². The summed E-state index contributed by atoms with van der Waals surface area (Å²) in [5.41, 5.74) is 0. The van der Waals surface area contributed by atoms with Gasteiger partial charge in [-0.15, -0.1) is 0 Å². The Balaban J connectivity index is 2.17. The molecule has 0 bridgehead atoms. The molecule has 1 aliphatic rings. The quantitative estimate of drug-likeness (QED) is 0.0261. The Bertz CT molecular complexity index is 1300. The second-order valence-electron chi connectivity index (χ2n) is 20.8. The number of carbonyl (C=O) groups excluding carboxylic acids is 1. The second-order valence-corrected chi connectivity index (χ2v) is 20.8. The summed E-state index contributed by atoms with van der Waals surface area (Å²) in [5.74, 6) is -0.145. The molecule has 6 N–H and O–H groups in total. The van der Waals surface area contributed by atoms with Gasteiger partial charge in [0.05, 0.1) is 25.4 Å². The van der Waals surface area contributed by atoms with E-state index in [0.29, 0.717) is 12.8 Å². The first-order valence-corrected chi connectivity index (χ1v) is 30.0. The molecule has 0 saturated carbocycles. The summed E-state index contributed by atoms with van der Waals surface area (Å²) >= 11 is 0. The van der Waals surface area contributed by atoms with Crippen molar-refractivity contribution in [2.75, 3.05) is 13.2 Å². The number of rotatable bonds is 51. The smallest absolute Gasteiger partial charge is 0.220 e. The molecule has 414 valence electrons. The fraction of sp³-hybridized carbons (Fsp3) is 0.823. The average Bonchev–Trinajstić information content (AvgIpc) is 3.37. The van der Waals surface area contributed by atoms with Crippen LogP contribution in [0.2, 0.25) is 0 Å². The van der Waals surface area contributed by atoms with Gasteiger partial charge in [-0.1, -0.05) is 267 Å². The van der Waals surface area contributed by atoms with E-state index in [2.05, 4.69) is 79.9 Å². The minimum absolute atomic E-state index is 0.138. The molecule has 1 rings (SSSR count). The van der Waals surface area contributed by atoms with Gasteiger partial charge in [-0.3, -0.25) is 4.79 Å². The number of aliphatic hydroxyl groups excluding tert-OH is 5. The summed E-state index contributed by atoms with van der Waals surface area (Å²) in [5, 5.41) is 54.7. The lowest BCUT2D eigenvalue weighted by atomic mass is 9.99. The minimum atomic E-state index is -1.56. The number of allylic oxidation sites excluding steroid dienone is 10. The van der Waals surface area contributed by atoms with Gasteiger partial charge in [0.25, 0.3) is 0 Å². The Morgan fingerprint density at radius 3 is 1.30 bits per heavy atom. The molecule has 71 heavy (non-hydrogen) atoms. The molecular weight excluding hydrogens is 887 g/mol. The fourth-order valence-corrected chi connectivity index (χ4v) is 9.43. The van der Waals surface area contributed by atoms with Crippen molar-refractivity contribution in [2.45, 2.75) is 314 Å². The molecule has 7 unspecified atom stereocenters. The van der Waals surface area contributed by atoms with E-state index in [9.17, 15) is 30.3 Å². The lowest BCUT2D eigenvalue weighted by Crippen LogP contribution is -2.60. The Morgan fingerprint density at radius 2 is 0.873 bits per heavy atom. The number of amides is 1. The van der Waals surface area contributed by atoms with Gasteiger partial charge in [-0.05, 0) is 57.8 Å². The molecule has 1 heterocycles. The number of aliphatic hydroxyl groups is 5. The predicted octanol–water partition coefficient (Wildman–Crippen LogP) is 15.1. The third kappa shape index (κ3) is 40.9. The van der Waals surface area contributed by atoms with Crippen LogP contribution in [-0.2, 0) is 14.3 Å². The first-order valence-electron chi connectivity index (χ1n) is 30.0. The van der Waals surface area contributed by atoms with Crippen molar-refractivity contribution in [2.24, 2.45) is 0 Å². The van der Waals surface area contributed by atoms with E-state index in [1.807, 2.05) is 0 Å². The SMILES string of the molecule is CC/C=C\C/C=C\C/C=C\C/C=C\C/C=C\CCCCCCCCCCCCCCCC(=O)NC(COC1OC(CO)C(O)C(O)C1O)C(O)CCCCCCCCCCCCCCCCCCCCC. The van der Waals surface area contributed by atoms with E-state index >= 15 is 0 Å². The summed E-state index contributed by atoms with van der Waals surface area (Å²) in [6.07, 6.45) is 62.5. The van der Waals surface area contributed by atoms with Gasteiger partial charge in [0.2, 0.25) is 5.91 Å². The maximum absolute atomic E-state index is 13.1. The van der Waals surface area contributed by atoms with E-state index in [1.54, 1.807) is 0 Å². The van der Waals surface area contributed by atoms with Crippen LogP contribution in [0.5, 0.6) is 0 Å². The van der Waals surface area contributed by atoms with E-state index in [0.717, 1.165) is 70.6 Å². The molecule has 1 aliphatic heterocycles. The number of nitrogens with one attached hydrogen (secondary N) is 1. The zero-order valence-electron chi connectivity index (χ0n) is 46.0. The molecule has 1 saturated heterocycles. The van der Waals surface area contributed by atoms with Gasteiger partial charge in [0.1, 0.15) is 24.4 Å². The fourth-order valence-electron chi connectivity index (χ4n) is 9.43. The van der Waals surface area contributed by atoms with Crippen LogP contribution in [0, 0.1) is 0 Å². The highest BCUT2D eigenvalue weighted by Crippen LogP contribution is 2.23. The summed E-state index contributed by atoms with van der Waals surface area (Å²) < 4.78 is 11.3. The van der Waals surface area contributed by atoms with Crippen LogP contribution in [0.4, 0.5) is 0 Å². The van der Waals surface area contributed by atoms with E-state index in [4.69, 9.17) is 9.47 Å². The lowest BCUT2D eigenvalue weighted by molar-refractivity contribution is -0.302. The minimum Gasteiger partial charge on any atom is -0.394 e. The topological polar surface area (TPSA) is 149 Å². The van der Waals surface area contributed by atoms with Crippen molar-refractivity contribution < 1.29 is 39.8 Å². The van der Waals surface area contributed by atoms with Crippen LogP contribution in [0.25, 0.3) is 0 Å². The maximum atomic E-state index is 13.1. The Hall–Kier alpha value is -2.11. The van der Waals surface area contributed by atoms with Crippen LogP contribution in [0.3, 0.4) is 0 Å². The molecule has 9 heteroatoms. The Morgan fingerprint density at radius 1 is 0.493 bits per heavy atom. The first kappa shape index (κ1) is 66.9. The molecule has 1 amide bonds. The Labute approximate surface area is 436 Å². The molecule has 0 aromatic rings. The molecule has 0 aliphatic carbocycles. The van der Waals surface area contributed by atoms with Gasteiger partial charge in [0.15, 0.2) is 6.29 Å². The van der Waals surface area contributed by atoms with Crippen LogP contribution < -0.4 is 5.32 Å². The van der Waals surface area contributed by atoms with Crippen molar-refractivity contribution in [3.63, 3.8) is 0 Å². The highest BCUT2D eigenvalue weighted by Gasteiger charge is 2.44. The number of carbonyl (C=O) groups is 1. The summed E-state index contributed by atoms with van der Waals surface area (Å²) in [4.78, 5) is 13.1. The van der Waals surface area contributed by atoms with Crippen molar-refractivity contribution >= 4 is 5.91 Å². The van der Waals surface area contributed by atoms with Crippen LogP contribution in [0.1, 0.15) is 271 Å². The molecule has 0 spiro atoms. The molecule has 9 nitrogen and oxygen atoms in total. The van der Waals surface area contributed by atoms with E-state index in [1.165, 1.54) is 173 Å². The molecule has 0 radical (unpaired) electrons. The molecule has 1 fully saturated rings. The highest BCUT2D eigenvalue weighted by atomic mass is 16.7. The molecule has 0 aromatic heterocycles. The zero-order valence-corrected chi connectivity index (χ0v) is 46.0. The summed E-state index contributed by atoms with van der Waals surface area (Å²) in [7, 11) is 0. The monoisotopic (exact) mass is 1000 g/mol. The summed E-state index contributed by atoms with van der Waals surface area (Å²) in [6, 6.07) is -0.722. The van der Waals surface area contributed by atoms with Crippen molar-refractivity contribution in [3.05, 3.63) is 60.8 Å². The van der Waals surface area contributed by atoms with Gasteiger partial charge in [-0.2, -0.15) is 0 Å². The second kappa shape index (κ2) is 51.4. The van der Waals surface area contributed by atoms with Crippen molar-refractivity contribution in [3.8, 4) is 0 Å². The van der Waals surface area contributed by atoms with Crippen LogP contribution in [0.15, 0.2) is 60.8 Å². The maximum Gasteiger partial charge on any atom is 0.220 e. The van der Waals surface area contributed by atoms with Crippen molar-refractivity contribution in [1.29, 1.82) is 0 Å². The van der Waals surface area contributed by atoms with E-state index in [-0.39, 0.29) is 12.5 Å². The molecular formula is C62H113NO8. The summed E-state index contributed by atoms with van der Waals surface area (Å²) in [6.45, 7) is 3.75. The van der Waals surface area contributed by atoms with Gasteiger partial charge < -0.3 is 40.3 Å². The number of hydrogen-bond acceptors (Lipinski definition) is 8.